The summed E-state index contributed by atoms with van der Waals surface area (Å²) in [6, 6.07) is 8.25. The lowest BCUT2D eigenvalue weighted by Crippen LogP contribution is -2.46. The molecule has 0 bridgehead atoms. The van der Waals surface area contributed by atoms with Crippen molar-refractivity contribution < 1.29 is 14.3 Å². The average Bonchev–Trinajstić information content (AvgIpc) is 2.60. The van der Waals surface area contributed by atoms with Crippen molar-refractivity contribution in [1.29, 1.82) is 0 Å². The fourth-order valence-corrected chi connectivity index (χ4v) is 3.93. The van der Waals surface area contributed by atoms with E-state index in [2.05, 4.69) is 31.1 Å². The van der Waals surface area contributed by atoms with Crippen molar-refractivity contribution >= 4 is 5.97 Å². The zero-order valence-electron chi connectivity index (χ0n) is 16.2. The van der Waals surface area contributed by atoms with Crippen LogP contribution in [0.3, 0.4) is 0 Å². The predicted octanol–water partition coefficient (Wildman–Crippen LogP) is 4.39. The van der Waals surface area contributed by atoms with Crippen molar-refractivity contribution in [1.82, 2.24) is 4.90 Å². The monoisotopic (exact) mass is 347 g/mol. The maximum atomic E-state index is 12.4. The Morgan fingerprint density at radius 1 is 1.16 bits per heavy atom. The number of hydrogen-bond donors (Lipinski definition) is 0. The third kappa shape index (κ3) is 5.21. The van der Waals surface area contributed by atoms with Gasteiger partial charge in [0.1, 0.15) is 11.4 Å². The fraction of sp³-hybridized carbons (Fsp3) is 0.667. The Kier molecular flexibility index (Phi) is 7.30. The van der Waals surface area contributed by atoms with Crippen LogP contribution in [0.2, 0.25) is 0 Å². The molecule has 1 aliphatic rings. The second-order valence-corrected chi connectivity index (χ2v) is 7.44. The third-order valence-corrected chi connectivity index (χ3v) is 5.17. The highest BCUT2D eigenvalue weighted by Crippen LogP contribution is 2.44. The smallest absolute Gasteiger partial charge is 0.306 e. The molecule has 0 aromatic heterocycles. The molecule has 1 aromatic carbocycles. The molecule has 25 heavy (non-hydrogen) atoms. The van der Waals surface area contributed by atoms with E-state index in [4.69, 9.17) is 9.47 Å². The molecule has 0 heterocycles. The summed E-state index contributed by atoms with van der Waals surface area (Å²) in [5.74, 6) is 0.976. The second kappa shape index (κ2) is 9.23. The van der Waals surface area contributed by atoms with E-state index in [0.717, 1.165) is 44.4 Å². The normalized spacial score (nSPS) is 18.0. The summed E-state index contributed by atoms with van der Waals surface area (Å²) in [7, 11) is 5.85. The van der Waals surface area contributed by atoms with Crippen LogP contribution in [0.15, 0.2) is 24.3 Å². The van der Waals surface area contributed by atoms with Gasteiger partial charge in [0.15, 0.2) is 0 Å². The van der Waals surface area contributed by atoms with E-state index in [9.17, 15) is 4.79 Å². The first-order valence-electron chi connectivity index (χ1n) is 9.51. The topological polar surface area (TPSA) is 38.8 Å². The highest BCUT2D eigenvalue weighted by Gasteiger charge is 2.44. The summed E-state index contributed by atoms with van der Waals surface area (Å²) in [5.41, 5.74) is 0.837. The minimum Gasteiger partial charge on any atom is -0.497 e. The van der Waals surface area contributed by atoms with E-state index < -0.39 is 0 Å². The number of nitrogens with zero attached hydrogens (tertiary/aromatic N) is 1. The third-order valence-electron chi connectivity index (χ3n) is 5.17. The summed E-state index contributed by atoms with van der Waals surface area (Å²) in [6.45, 7) is 2.89. The predicted molar refractivity (Wildman–Crippen MR) is 101 cm³/mol. The molecule has 4 heteroatoms. The van der Waals surface area contributed by atoms with Gasteiger partial charge in [-0.15, -0.1) is 0 Å². The van der Waals surface area contributed by atoms with Crippen LogP contribution in [0.1, 0.15) is 63.4 Å². The average molecular weight is 347 g/mol. The van der Waals surface area contributed by atoms with Crippen LogP contribution in [0.4, 0.5) is 0 Å². The van der Waals surface area contributed by atoms with Gasteiger partial charge in [-0.2, -0.15) is 0 Å². The van der Waals surface area contributed by atoms with Gasteiger partial charge in [-0.1, -0.05) is 25.5 Å². The molecule has 0 radical (unpaired) electrons. The van der Waals surface area contributed by atoms with Gasteiger partial charge in [0, 0.05) is 18.9 Å². The standard InChI is InChI=1S/C21H33NO3/c1-5-9-20(23)25-21(14-7-6-8-15-21)19(16-22(2)3)17-10-12-18(24-4)13-11-17/h10-13,19H,5-9,14-16H2,1-4H3. The summed E-state index contributed by atoms with van der Waals surface area (Å²) in [4.78, 5) is 14.6. The van der Waals surface area contributed by atoms with Crippen LogP contribution in [0.25, 0.3) is 0 Å². The Bertz CT molecular complexity index is 533. The molecule has 1 unspecified atom stereocenters. The molecule has 4 nitrogen and oxygen atoms in total. The summed E-state index contributed by atoms with van der Waals surface area (Å²) < 4.78 is 11.5. The summed E-state index contributed by atoms with van der Waals surface area (Å²) >= 11 is 0. The number of esters is 1. The highest BCUT2D eigenvalue weighted by molar-refractivity contribution is 5.70. The van der Waals surface area contributed by atoms with E-state index in [1.165, 1.54) is 12.0 Å². The molecule has 0 saturated heterocycles. The van der Waals surface area contributed by atoms with E-state index in [1.54, 1.807) is 7.11 Å². The van der Waals surface area contributed by atoms with E-state index >= 15 is 0 Å². The van der Waals surface area contributed by atoms with E-state index in [-0.39, 0.29) is 17.5 Å². The maximum Gasteiger partial charge on any atom is 0.306 e. The van der Waals surface area contributed by atoms with Gasteiger partial charge < -0.3 is 14.4 Å². The van der Waals surface area contributed by atoms with Crippen LogP contribution in [0.5, 0.6) is 5.75 Å². The lowest BCUT2D eigenvalue weighted by molar-refractivity contribution is -0.167. The van der Waals surface area contributed by atoms with Crippen LogP contribution >= 0.6 is 0 Å². The molecular formula is C21H33NO3. The molecule has 0 N–H and O–H groups in total. The van der Waals surface area contributed by atoms with E-state index in [1.807, 2.05) is 19.1 Å². The first-order chi connectivity index (χ1) is 12.0. The molecule has 1 aliphatic carbocycles. The first kappa shape index (κ1) is 19.8. The summed E-state index contributed by atoms with van der Waals surface area (Å²) in [5, 5.41) is 0. The van der Waals surface area contributed by atoms with E-state index in [0.29, 0.717) is 6.42 Å². The number of ether oxygens (including phenoxy) is 2. The number of rotatable bonds is 8. The number of benzene rings is 1. The molecule has 1 fully saturated rings. The zero-order chi connectivity index (χ0) is 18.3. The fourth-order valence-electron chi connectivity index (χ4n) is 3.93. The van der Waals surface area contributed by atoms with Gasteiger partial charge in [0.05, 0.1) is 7.11 Å². The Hall–Kier alpha value is -1.55. The second-order valence-electron chi connectivity index (χ2n) is 7.44. The van der Waals surface area contributed by atoms with Crippen molar-refractivity contribution in [2.45, 2.75) is 63.4 Å². The van der Waals surface area contributed by atoms with Crippen molar-refractivity contribution in [2.24, 2.45) is 0 Å². The summed E-state index contributed by atoms with van der Waals surface area (Å²) in [6.07, 6.45) is 6.71. The molecule has 1 aromatic rings. The van der Waals surface area contributed by atoms with Gasteiger partial charge in [0.2, 0.25) is 0 Å². The van der Waals surface area contributed by atoms with Crippen LogP contribution in [0, 0.1) is 0 Å². The van der Waals surface area contributed by atoms with Gasteiger partial charge in [-0.05, 0) is 63.9 Å². The Morgan fingerprint density at radius 2 is 1.80 bits per heavy atom. The lowest BCUT2D eigenvalue weighted by Gasteiger charge is -2.44. The number of carbonyl (C=O) groups is 1. The van der Waals surface area contributed by atoms with Crippen molar-refractivity contribution in [3.05, 3.63) is 29.8 Å². The Balaban J connectivity index is 2.35. The number of methoxy groups -OCH3 is 1. The number of likely N-dealkylation sites (N-methyl/N-ethyl adjacent to an activating group) is 1. The Morgan fingerprint density at radius 3 is 2.32 bits per heavy atom. The van der Waals surface area contributed by atoms with Crippen molar-refractivity contribution in [3.8, 4) is 5.75 Å². The molecule has 0 spiro atoms. The van der Waals surface area contributed by atoms with Gasteiger partial charge in [-0.25, -0.2) is 0 Å². The van der Waals surface area contributed by atoms with Gasteiger partial charge in [-0.3, -0.25) is 4.79 Å². The quantitative estimate of drug-likeness (QED) is 0.654. The van der Waals surface area contributed by atoms with Crippen LogP contribution in [-0.2, 0) is 9.53 Å². The van der Waals surface area contributed by atoms with Crippen LogP contribution in [-0.4, -0.2) is 44.2 Å². The number of hydrogen-bond acceptors (Lipinski definition) is 4. The minimum absolute atomic E-state index is 0.0540. The first-order valence-corrected chi connectivity index (χ1v) is 9.51. The molecule has 2 rings (SSSR count). The highest BCUT2D eigenvalue weighted by atomic mass is 16.6. The zero-order valence-corrected chi connectivity index (χ0v) is 16.2. The minimum atomic E-state index is -0.386. The molecule has 140 valence electrons. The van der Waals surface area contributed by atoms with Gasteiger partial charge >= 0.3 is 5.97 Å². The molecule has 1 saturated carbocycles. The lowest BCUT2D eigenvalue weighted by atomic mass is 9.72. The molecule has 1 atom stereocenters. The molecule has 0 aliphatic heterocycles. The molecule has 0 amide bonds. The van der Waals surface area contributed by atoms with Crippen molar-refractivity contribution in [2.75, 3.05) is 27.7 Å². The Labute approximate surface area is 152 Å². The van der Waals surface area contributed by atoms with Gasteiger partial charge in [0.25, 0.3) is 0 Å². The number of carbonyl (C=O) groups excluding carboxylic acids is 1. The van der Waals surface area contributed by atoms with Crippen molar-refractivity contribution in [3.63, 3.8) is 0 Å². The SMILES string of the molecule is CCCC(=O)OC1(C(CN(C)C)c2ccc(OC)cc2)CCCCC1. The van der Waals surface area contributed by atoms with Crippen LogP contribution < -0.4 is 4.74 Å². The largest absolute Gasteiger partial charge is 0.497 e. The molecular weight excluding hydrogens is 314 g/mol. The maximum absolute atomic E-state index is 12.4.